The Kier molecular flexibility index (Phi) is 4.90. The molecule has 2 nitrogen and oxygen atoms in total. The number of aliphatic hydroxyl groups excluding tert-OH is 1. The zero-order valence-corrected chi connectivity index (χ0v) is 9.79. The molecule has 2 heteroatoms. The van der Waals surface area contributed by atoms with Crippen LogP contribution in [0.25, 0.3) is 0 Å². The molecule has 0 aromatic rings. The summed E-state index contributed by atoms with van der Waals surface area (Å²) in [6.45, 7) is 7.51. The molecule has 4 atom stereocenters. The van der Waals surface area contributed by atoms with Gasteiger partial charge in [-0.3, -0.25) is 0 Å². The summed E-state index contributed by atoms with van der Waals surface area (Å²) < 4.78 is 0. The summed E-state index contributed by atoms with van der Waals surface area (Å²) in [7, 11) is 0. The van der Waals surface area contributed by atoms with Gasteiger partial charge < -0.3 is 10.4 Å². The van der Waals surface area contributed by atoms with Gasteiger partial charge in [0.25, 0.3) is 0 Å². The zero-order chi connectivity index (χ0) is 10.6. The maximum absolute atomic E-state index is 9.15. The van der Waals surface area contributed by atoms with Crippen LogP contribution in [0.4, 0.5) is 0 Å². The average Bonchev–Trinajstić information content (AvgIpc) is 2.01. The third-order valence-corrected chi connectivity index (χ3v) is 3.17. The molecule has 0 radical (unpaired) electrons. The van der Waals surface area contributed by atoms with Crippen molar-refractivity contribution in [1.29, 1.82) is 0 Å². The van der Waals surface area contributed by atoms with Crippen LogP contribution in [0.2, 0.25) is 0 Å². The molecule has 1 fully saturated rings. The molecule has 0 heterocycles. The van der Waals surface area contributed by atoms with E-state index in [9.17, 15) is 0 Å². The number of hydrogen-bond donors (Lipinski definition) is 2. The van der Waals surface area contributed by atoms with Gasteiger partial charge in [-0.05, 0) is 51.0 Å². The van der Waals surface area contributed by atoms with Gasteiger partial charge in [0.1, 0.15) is 0 Å². The van der Waals surface area contributed by atoms with Gasteiger partial charge in [0.05, 0.1) is 6.10 Å². The molecule has 2 N–H and O–H groups in total. The minimum absolute atomic E-state index is 0.166. The lowest BCUT2D eigenvalue weighted by Gasteiger charge is -2.32. The summed E-state index contributed by atoms with van der Waals surface area (Å²) in [6, 6.07) is 0.687. The van der Waals surface area contributed by atoms with Crippen molar-refractivity contribution in [2.75, 3.05) is 6.54 Å². The number of aliphatic hydroxyl groups is 1. The van der Waals surface area contributed by atoms with Crippen LogP contribution in [0, 0.1) is 11.8 Å². The Morgan fingerprint density at radius 1 is 1.21 bits per heavy atom. The number of hydrogen-bond acceptors (Lipinski definition) is 2. The molecule has 84 valence electrons. The van der Waals surface area contributed by atoms with E-state index in [1.54, 1.807) is 0 Å². The molecular formula is C12H25NO. The minimum atomic E-state index is -0.166. The number of nitrogens with one attached hydrogen (secondary N) is 1. The smallest absolute Gasteiger partial charge is 0.0524 e. The molecule has 14 heavy (non-hydrogen) atoms. The Morgan fingerprint density at radius 2 is 1.79 bits per heavy atom. The van der Waals surface area contributed by atoms with E-state index in [4.69, 9.17) is 5.11 Å². The maximum Gasteiger partial charge on any atom is 0.0524 e. The van der Waals surface area contributed by atoms with E-state index in [2.05, 4.69) is 19.2 Å². The first-order chi connectivity index (χ1) is 6.58. The van der Waals surface area contributed by atoms with Gasteiger partial charge in [0, 0.05) is 6.04 Å². The zero-order valence-electron chi connectivity index (χ0n) is 9.79. The van der Waals surface area contributed by atoms with Crippen molar-refractivity contribution in [1.82, 2.24) is 5.32 Å². The quantitative estimate of drug-likeness (QED) is 0.727. The second-order valence-electron chi connectivity index (χ2n) is 5.21. The van der Waals surface area contributed by atoms with Crippen molar-refractivity contribution < 1.29 is 5.11 Å². The Morgan fingerprint density at radius 3 is 2.29 bits per heavy atom. The molecule has 0 bridgehead atoms. The summed E-state index contributed by atoms with van der Waals surface area (Å²) in [5.41, 5.74) is 0. The third-order valence-electron chi connectivity index (χ3n) is 3.17. The lowest BCUT2D eigenvalue weighted by atomic mass is 9.80. The van der Waals surface area contributed by atoms with Gasteiger partial charge in [-0.15, -0.1) is 0 Å². The first-order valence-corrected chi connectivity index (χ1v) is 5.99. The van der Waals surface area contributed by atoms with Crippen LogP contribution in [-0.2, 0) is 0 Å². The molecule has 1 saturated carbocycles. The summed E-state index contributed by atoms with van der Waals surface area (Å²) in [5, 5.41) is 12.7. The summed E-state index contributed by atoms with van der Waals surface area (Å²) >= 11 is 0. The Hall–Kier alpha value is -0.0800. The average molecular weight is 199 g/mol. The van der Waals surface area contributed by atoms with E-state index in [-0.39, 0.29) is 6.10 Å². The van der Waals surface area contributed by atoms with Crippen molar-refractivity contribution in [2.24, 2.45) is 11.8 Å². The molecule has 0 saturated heterocycles. The normalized spacial score (nSPS) is 35.6. The highest BCUT2D eigenvalue weighted by atomic mass is 16.3. The molecule has 1 unspecified atom stereocenters. The molecule has 1 rings (SSSR count). The number of rotatable bonds is 4. The fourth-order valence-electron chi connectivity index (χ4n) is 2.61. The van der Waals surface area contributed by atoms with Crippen molar-refractivity contribution in [3.05, 3.63) is 0 Å². The van der Waals surface area contributed by atoms with Crippen molar-refractivity contribution in [2.45, 2.75) is 58.6 Å². The Bertz CT molecular complexity index is 148. The van der Waals surface area contributed by atoms with E-state index in [1.165, 1.54) is 19.3 Å². The highest BCUT2D eigenvalue weighted by molar-refractivity contribution is 4.79. The van der Waals surface area contributed by atoms with Gasteiger partial charge in [-0.25, -0.2) is 0 Å². The highest BCUT2D eigenvalue weighted by Gasteiger charge is 2.23. The van der Waals surface area contributed by atoms with Gasteiger partial charge in [-0.2, -0.15) is 0 Å². The van der Waals surface area contributed by atoms with Crippen molar-refractivity contribution in [3.8, 4) is 0 Å². The first kappa shape index (κ1) is 12.0. The van der Waals surface area contributed by atoms with Gasteiger partial charge in [0.2, 0.25) is 0 Å². The monoisotopic (exact) mass is 199 g/mol. The van der Waals surface area contributed by atoms with Gasteiger partial charge in [-0.1, -0.05) is 13.8 Å². The second kappa shape index (κ2) is 5.72. The molecule has 1 aliphatic carbocycles. The van der Waals surface area contributed by atoms with Crippen LogP contribution in [0.1, 0.15) is 46.5 Å². The molecule has 0 aromatic carbocycles. The summed E-state index contributed by atoms with van der Waals surface area (Å²) in [6.07, 6.45) is 4.71. The fourth-order valence-corrected chi connectivity index (χ4v) is 2.61. The van der Waals surface area contributed by atoms with Crippen LogP contribution in [0.3, 0.4) is 0 Å². The van der Waals surface area contributed by atoms with Crippen LogP contribution in [-0.4, -0.2) is 23.8 Å². The minimum Gasteiger partial charge on any atom is -0.393 e. The fraction of sp³-hybridized carbons (Fsp3) is 1.00. The van der Waals surface area contributed by atoms with Gasteiger partial charge in [0.15, 0.2) is 0 Å². The Balaban J connectivity index is 2.17. The van der Waals surface area contributed by atoms with Crippen LogP contribution in [0.5, 0.6) is 0 Å². The largest absolute Gasteiger partial charge is 0.393 e. The van der Waals surface area contributed by atoms with Crippen LogP contribution >= 0.6 is 0 Å². The SMILES string of the molecule is C[C@@H]1CC(NCC[C@H](C)O)C[C@H](C)C1. The van der Waals surface area contributed by atoms with E-state index in [0.717, 1.165) is 24.8 Å². The van der Waals surface area contributed by atoms with Crippen molar-refractivity contribution in [3.63, 3.8) is 0 Å². The molecule has 0 aliphatic heterocycles. The van der Waals surface area contributed by atoms with Crippen LogP contribution in [0.15, 0.2) is 0 Å². The Labute approximate surface area is 88.1 Å². The predicted molar refractivity (Wildman–Crippen MR) is 60.3 cm³/mol. The summed E-state index contributed by atoms with van der Waals surface area (Å²) in [4.78, 5) is 0. The third kappa shape index (κ3) is 4.43. The molecular weight excluding hydrogens is 174 g/mol. The molecule has 1 aliphatic rings. The van der Waals surface area contributed by atoms with Gasteiger partial charge >= 0.3 is 0 Å². The predicted octanol–water partition coefficient (Wildman–Crippen LogP) is 2.17. The van der Waals surface area contributed by atoms with E-state index >= 15 is 0 Å². The summed E-state index contributed by atoms with van der Waals surface area (Å²) in [5.74, 6) is 1.73. The van der Waals surface area contributed by atoms with E-state index in [0.29, 0.717) is 6.04 Å². The van der Waals surface area contributed by atoms with E-state index < -0.39 is 0 Å². The van der Waals surface area contributed by atoms with Crippen LogP contribution < -0.4 is 5.32 Å². The maximum atomic E-state index is 9.15. The molecule has 0 aromatic heterocycles. The highest BCUT2D eigenvalue weighted by Crippen LogP contribution is 2.28. The molecule has 0 amide bonds. The lowest BCUT2D eigenvalue weighted by Crippen LogP contribution is -2.37. The standard InChI is InChI=1S/C12H25NO/c1-9-6-10(2)8-12(7-9)13-5-4-11(3)14/h9-14H,4-8H2,1-3H3/t9-,10+,11-,12?/m0/s1. The van der Waals surface area contributed by atoms with Crippen molar-refractivity contribution >= 4 is 0 Å². The van der Waals surface area contributed by atoms with E-state index in [1.807, 2.05) is 6.92 Å². The lowest BCUT2D eigenvalue weighted by molar-refractivity contribution is 0.175. The first-order valence-electron chi connectivity index (χ1n) is 5.99. The topological polar surface area (TPSA) is 32.3 Å². The molecule has 0 spiro atoms. The second-order valence-corrected chi connectivity index (χ2v) is 5.21.